The van der Waals surface area contributed by atoms with Crippen molar-refractivity contribution in [2.45, 2.75) is 12.7 Å². The number of rotatable bonds is 3. The molecule has 0 aliphatic carbocycles. The third-order valence-corrected chi connectivity index (χ3v) is 2.29. The summed E-state index contributed by atoms with van der Waals surface area (Å²) in [6.07, 6.45) is 2.06. The maximum Gasteiger partial charge on any atom is 0.0225 e. The predicted octanol–water partition coefficient (Wildman–Crippen LogP) is 3.45. The van der Waals surface area contributed by atoms with Crippen LogP contribution in [0.1, 0.15) is 12.5 Å². The van der Waals surface area contributed by atoms with Crippen LogP contribution in [0, 0.1) is 0 Å². The Kier molecular flexibility index (Phi) is 3.84. The van der Waals surface area contributed by atoms with E-state index in [0.717, 1.165) is 5.75 Å². The fraction of sp³-hybridized carbons (Fsp3) is 0.200. The van der Waals surface area contributed by atoms with E-state index in [2.05, 4.69) is 35.7 Å². The van der Waals surface area contributed by atoms with Crippen LogP contribution in [0.4, 0.5) is 0 Å². The first kappa shape index (κ1) is 8.41. The van der Waals surface area contributed by atoms with E-state index in [4.69, 9.17) is 0 Å². The van der Waals surface area contributed by atoms with Gasteiger partial charge in [0.2, 0.25) is 0 Å². The zero-order chi connectivity index (χ0) is 7.94. The van der Waals surface area contributed by atoms with Gasteiger partial charge in [-0.25, -0.2) is 0 Å². The molecule has 0 heterocycles. The molecule has 1 heteroatoms. The standard InChI is InChI=1S/C10H12S/c1-2-8-11-9-10-6-4-3-5-7-10/h2-8H,9H2,1H3/b8-2-. The fourth-order valence-corrected chi connectivity index (χ4v) is 1.49. The van der Waals surface area contributed by atoms with Gasteiger partial charge in [0.1, 0.15) is 0 Å². The highest BCUT2D eigenvalue weighted by Crippen LogP contribution is 2.11. The molecule has 11 heavy (non-hydrogen) atoms. The number of allylic oxidation sites excluding steroid dienone is 1. The largest absolute Gasteiger partial charge is 0.130 e. The lowest BCUT2D eigenvalue weighted by atomic mass is 10.2. The third kappa shape index (κ3) is 3.28. The molecule has 1 rings (SSSR count). The van der Waals surface area contributed by atoms with Crippen molar-refractivity contribution in [3.63, 3.8) is 0 Å². The zero-order valence-electron chi connectivity index (χ0n) is 6.66. The third-order valence-electron chi connectivity index (χ3n) is 1.33. The first-order chi connectivity index (χ1) is 5.43. The summed E-state index contributed by atoms with van der Waals surface area (Å²) in [5, 5.41) is 2.12. The molecule has 0 spiro atoms. The molecule has 0 aliphatic heterocycles. The summed E-state index contributed by atoms with van der Waals surface area (Å²) in [4.78, 5) is 0. The molecule has 0 saturated heterocycles. The Hall–Kier alpha value is -0.690. The Balaban J connectivity index is 2.39. The van der Waals surface area contributed by atoms with Crippen LogP contribution in [0.15, 0.2) is 41.8 Å². The molecule has 0 N–H and O–H groups in total. The first-order valence-corrected chi connectivity index (χ1v) is 4.75. The quantitative estimate of drug-likeness (QED) is 0.659. The van der Waals surface area contributed by atoms with E-state index >= 15 is 0 Å². The average Bonchev–Trinajstić information content (AvgIpc) is 2.07. The van der Waals surface area contributed by atoms with E-state index < -0.39 is 0 Å². The maximum atomic E-state index is 2.15. The van der Waals surface area contributed by atoms with Gasteiger partial charge in [0.25, 0.3) is 0 Å². The summed E-state index contributed by atoms with van der Waals surface area (Å²) < 4.78 is 0. The van der Waals surface area contributed by atoms with Crippen LogP contribution in [0.25, 0.3) is 0 Å². The second-order valence-corrected chi connectivity index (χ2v) is 3.16. The summed E-state index contributed by atoms with van der Waals surface area (Å²) >= 11 is 1.83. The van der Waals surface area contributed by atoms with Crippen molar-refractivity contribution in [2.75, 3.05) is 0 Å². The predicted molar refractivity (Wildman–Crippen MR) is 52.6 cm³/mol. The molecule has 0 aliphatic rings. The van der Waals surface area contributed by atoms with Gasteiger partial charge in [-0.15, -0.1) is 11.8 Å². The van der Waals surface area contributed by atoms with Gasteiger partial charge >= 0.3 is 0 Å². The molecule has 0 atom stereocenters. The summed E-state index contributed by atoms with van der Waals surface area (Å²) in [5.74, 6) is 1.07. The monoisotopic (exact) mass is 164 g/mol. The van der Waals surface area contributed by atoms with E-state index in [1.807, 2.05) is 24.8 Å². The Morgan fingerprint density at radius 1 is 1.27 bits per heavy atom. The van der Waals surface area contributed by atoms with Crippen LogP contribution in [0.3, 0.4) is 0 Å². The van der Waals surface area contributed by atoms with Gasteiger partial charge in [0.15, 0.2) is 0 Å². The molecule has 58 valence electrons. The Morgan fingerprint density at radius 2 is 2.00 bits per heavy atom. The summed E-state index contributed by atoms with van der Waals surface area (Å²) in [6, 6.07) is 10.5. The van der Waals surface area contributed by atoms with E-state index in [0.29, 0.717) is 0 Å². The van der Waals surface area contributed by atoms with Crippen LogP contribution in [0.2, 0.25) is 0 Å². The highest BCUT2D eigenvalue weighted by molar-refractivity contribution is 8.01. The van der Waals surface area contributed by atoms with Gasteiger partial charge in [-0.1, -0.05) is 36.4 Å². The molecule has 1 aromatic rings. The first-order valence-electron chi connectivity index (χ1n) is 3.70. The second kappa shape index (κ2) is 5.03. The molecule has 0 unspecified atom stereocenters. The van der Waals surface area contributed by atoms with Crippen molar-refractivity contribution in [1.29, 1.82) is 0 Å². The lowest BCUT2D eigenvalue weighted by Gasteiger charge is -1.95. The Morgan fingerprint density at radius 3 is 2.64 bits per heavy atom. The molecule has 0 aromatic heterocycles. The Bertz CT molecular complexity index is 214. The molecular weight excluding hydrogens is 152 g/mol. The minimum absolute atomic E-state index is 1.07. The van der Waals surface area contributed by atoms with E-state index in [1.165, 1.54) is 5.56 Å². The smallest absolute Gasteiger partial charge is 0.0225 e. The van der Waals surface area contributed by atoms with Crippen LogP contribution >= 0.6 is 11.8 Å². The van der Waals surface area contributed by atoms with Crippen molar-refractivity contribution in [3.8, 4) is 0 Å². The molecule has 0 nitrogen and oxygen atoms in total. The van der Waals surface area contributed by atoms with Crippen molar-refractivity contribution < 1.29 is 0 Å². The van der Waals surface area contributed by atoms with Gasteiger partial charge in [-0.2, -0.15) is 0 Å². The molecule has 0 radical (unpaired) electrons. The number of hydrogen-bond donors (Lipinski definition) is 0. The van der Waals surface area contributed by atoms with Crippen molar-refractivity contribution in [1.82, 2.24) is 0 Å². The summed E-state index contributed by atoms with van der Waals surface area (Å²) in [6.45, 7) is 2.04. The summed E-state index contributed by atoms with van der Waals surface area (Å²) in [7, 11) is 0. The minimum Gasteiger partial charge on any atom is -0.130 e. The minimum atomic E-state index is 1.07. The van der Waals surface area contributed by atoms with Gasteiger partial charge < -0.3 is 0 Å². The molecular formula is C10H12S. The average molecular weight is 164 g/mol. The van der Waals surface area contributed by atoms with Gasteiger partial charge in [0, 0.05) is 5.75 Å². The fourth-order valence-electron chi connectivity index (χ4n) is 0.815. The van der Waals surface area contributed by atoms with E-state index in [1.54, 1.807) is 0 Å². The van der Waals surface area contributed by atoms with E-state index in [-0.39, 0.29) is 0 Å². The SMILES string of the molecule is C/C=C\SCc1ccccc1. The van der Waals surface area contributed by atoms with Crippen molar-refractivity contribution >= 4 is 11.8 Å². The van der Waals surface area contributed by atoms with E-state index in [9.17, 15) is 0 Å². The number of thioether (sulfide) groups is 1. The van der Waals surface area contributed by atoms with Gasteiger partial charge in [-0.3, -0.25) is 0 Å². The number of hydrogen-bond acceptors (Lipinski definition) is 1. The highest BCUT2D eigenvalue weighted by atomic mass is 32.2. The molecule has 0 bridgehead atoms. The zero-order valence-corrected chi connectivity index (χ0v) is 7.47. The number of benzene rings is 1. The topological polar surface area (TPSA) is 0 Å². The van der Waals surface area contributed by atoms with Crippen LogP contribution in [-0.2, 0) is 5.75 Å². The van der Waals surface area contributed by atoms with Crippen molar-refractivity contribution in [3.05, 3.63) is 47.4 Å². The molecule has 1 aromatic carbocycles. The normalized spacial score (nSPS) is 10.6. The Labute approximate surface area is 72.3 Å². The molecule has 0 saturated carbocycles. The van der Waals surface area contributed by atoms with Gasteiger partial charge in [-0.05, 0) is 17.9 Å². The second-order valence-electron chi connectivity index (χ2n) is 2.27. The highest BCUT2D eigenvalue weighted by Gasteiger charge is 1.86. The van der Waals surface area contributed by atoms with Crippen molar-refractivity contribution in [2.24, 2.45) is 0 Å². The van der Waals surface area contributed by atoms with Gasteiger partial charge in [0.05, 0.1) is 0 Å². The maximum absolute atomic E-state index is 2.15. The molecule has 0 fully saturated rings. The summed E-state index contributed by atoms with van der Waals surface area (Å²) in [5.41, 5.74) is 1.38. The van der Waals surface area contributed by atoms with Crippen LogP contribution in [-0.4, -0.2) is 0 Å². The van der Waals surface area contributed by atoms with Crippen LogP contribution < -0.4 is 0 Å². The lowest BCUT2D eigenvalue weighted by molar-refractivity contribution is 1.42. The molecule has 0 amide bonds. The lowest BCUT2D eigenvalue weighted by Crippen LogP contribution is -1.74. The van der Waals surface area contributed by atoms with Crippen LogP contribution in [0.5, 0.6) is 0 Å².